The van der Waals surface area contributed by atoms with Gasteiger partial charge < -0.3 is 10.6 Å². The largest absolute Gasteiger partial charge is 0.338 e. The van der Waals surface area contributed by atoms with Crippen LogP contribution in [0.15, 0.2) is 54.6 Å². The van der Waals surface area contributed by atoms with E-state index in [-0.39, 0.29) is 18.4 Å². The Morgan fingerprint density at radius 2 is 1.75 bits per heavy atom. The summed E-state index contributed by atoms with van der Waals surface area (Å²) in [5.41, 5.74) is 9.46. The molecule has 0 bridgehead atoms. The summed E-state index contributed by atoms with van der Waals surface area (Å²) < 4.78 is 13.3. The molecule has 1 heterocycles. The highest BCUT2D eigenvalue weighted by Gasteiger charge is 2.31. The second kappa shape index (κ2) is 7.14. The molecule has 1 saturated heterocycles. The minimum atomic E-state index is -0.915. The quantitative estimate of drug-likeness (QED) is 0.936. The number of amides is 1. The zero-order chi connectivity index (χ0) is 17.1. The van der Waals surface area contributed by atoms with Crippen molar-refractivity contribution in [2.24, 2.45) is 5.73 Å². The van der Waals surface area contributed by atoms with Gasteiger partial charge in [-0.05, 0) is 23.1 Å². The number of rotatable bonds is 4. The average molecular weight is 326 g/mol. The van der Waals surface area contributed by atoms with Crippen molar-refractivity contribution in [2.45, 2.75) is 31.5 Å². The van der Waals surface area contributed by atoms with Crippen LogP contribution in [-0.2, 0) is 4.79 Å². The molecule has 0 aromatic heterocycles. The first-order chi connectivity index (χ1) is 11.6. The normalized spacial score (nSPS) is 20.0. The third-order valence-electron chi connectivity index (χ3n) is 4.81. The molecule has 3 atom stereocenters. The topological polar surface area (TPSA) is 46.3 Å². The lowest BCUT2D eigenvalue weighted by Crippen LogP contribution is -2.45. The van der Waals surface area contributed by atoms with Crippen molar-refractivity contribution in [1.82, 2.24) is 4.90 Å². The molecule has 0 radical (unpaired) electrons. The Kier molecular flexibility index (Phi) is 4.95. The Hall–Kier alpha value is -2.20. The van der Waals surface area contributed by atoms with Crippen LogP contribution >= 0.6 is 0 Å². The smallest absolute Gasteiger partial charge is 0.240 e. The van der Waals surface area contributed by atoms with Crippen LogP contribution in [0, 0.1) is 0 Å². The summed E-state index contributed by atoms with van der Waals surface area (Å²) in [6, 6.07) is 17.6. The lowest BCUT2D eigenvalue weighted by Gasteiger charge is -2.25. The van der Waals surface area contributed by atoms with E-state index in [0.717, 1.165) is 16.7 Å². The number of hydrogen-bond donors (Lipinski definition) is 1. The minimum absolute atomic E-state index is 0.110. The zero-order valence-corrected chi connectivity index (χ0v) is 13.9. The standard InChI is InChI=1S/C20H23FN2O/c1-14(19(22)20(24)23-12-11-18(21)13-23)15-7-9-17(10-8-15)16-5-3-2-4-6-16/h2-10,14,18-19H,11-13,22H2,1H3/t14-,18-,19-/m0/s1. The maximum absolute atomic E-state index is 13.3. The first kappa shape index (κ1) is 16.7. The van der Waals surface area contributed by atoms with Gasteiger partial charge in [0.15, 0.2) is 0 Å². The van der Waals surface area contributed by atoms with Gasteiger partial charge in [0.05, 0.1) is 12.6 Å². The Morgan fingerprint density at radius 1 is 1.12 bits per heavy atom. The molecule has 24 heavy (non-hydrogen) atoms. The third kappa shape index (κ3) is 3.49. The molecule has 2 aromatic rings. The van der Waals surface area contributed by atoms with Gasteiger partial charge in [0.2, 0.25) is 5.91 Å². The van der Waals surface area contributed by atoms with E-state index in [9.17, 15) is 9.18 Å². The summed E-state index contributed by atoms with van der Waals surface area (Å²) in [5, 5.41) is 0. The van der Waals surface area contributed by atoms with Crippen LogP contribution in [0.1, 0.15) is 24.8 Å². The number of likely N-dealkylation sites (tertiary alicyclic amines) is 1. The highest BCUT2D eigenvalue weighted by molar-refractivity contribution is 5.83. The van der Waals surface area contributed by atoms with E-state index in [0.29, 0.717) is 13.0 Å². The first-order valence-electron chi connectivity index (χ1n) is 8.40. The van der Waals surface area contributed by atoms with Gasteiger partial charge in [-0.15, -0.1) is 0 Å². The third-order valence-corrected chi connectivity index (χ3v) is 4.81. The van der Waals surface area contributed by atoms with E-state index in [2.05, 4.69) is 12.1 Å². The predicted molar refractivity (Wildman–Crippen MR) is 94.4 cm³/mol. The van der Waals surface area contributed by atoms with Crippen molar-refractivity contribution in [3.8, 4) is 11.1 Å². The molecule has 2 N–H and O–H groups in total. The SMILES string of the molecule is C[C@@H](c1ccc(-c2ccccc2)cc1)[C@H](N)C(=O)N1CC[C@H](F)C1. The molecule has 2 aromatic carbocycles. The van der Waals surface area contributed by atoms with Gasteiger partial charge in [0.1, 0.15) is 6.17 Å². The summed E-state index contributed by atoms with van der Waals surface area (Å²) in [5.74, 6) is -0.268. The number of benzene rings is 2. The van der Waals surface area contributed by atoms with Crippen molar-refractivity contribution in [3.63, 3.8) is 0 Å². The molecule has 126 valence electrons. The molecular weight excluding hydrogens is 303 g/mol. The molecule has 4 heteroatoms. The van der Waals surface area contributed by atoms with Crippen LogP contribution in [0.4, 0.5) is 4.39 Å². The maximum atomic E-state index is 13.3. The van der Waals surface area contributed by atoms with Crippen LogP contribution in [0.25, 0.3) is 11.1 Å². The molecule has 1 amide bonds. The van der Waals surface area contributed by atoms with Crippen molar-refractivity contribution in [1.29, 1.82) is 0 Å². The van der Waals surface area contributed by atoms with Crippen LogP contribution in [0.2, 0.25) is 0 Å². The predicted octanol–water partition coefficient (Wildman–Crippen LogP) is 3.35. The van der Waals surface area contributed by atoms with Gasteiger partial charge in [-0.2, -0.15) is 0 Å². The van der Waals surface area contributed by atoms with E-state index in [4.69, 9.17) is 5.73 Å². The molecule has 3 rings (SSSR count). The Labute approximate surface area is 142 Å². The van der Waals surface area contributed by atoms with Gasteiger partial charge in [-0.25, -0.2) is 4.39 Å². The number of carbonyl (C=O) groups is 1. The van der Waals surface area contributed by atoms with Gasteiger partial charge in [0.25, 0.3) is 0 Å². The molecule has 0 saturated carbocycles. The second-order valence-corrected chi connectivity index (χ2v) is 6.47. The molecule has 1 fully saturated rings. The van der Waals surface area contributed by atoms with E-state index in [1.807, 2.05) is 49.4 Å². The monoisotopic (exact) mass is 326 g/mol. The number of nitrogens with zero attached hydrogens (tertiary/aromatic N) is 1. The molecule has 1 aliphatic rings. The van der Waals surface area contributed by atoms with E-state index >= 15 is 0 Å². The summed E-state index contributed by atoms with van der Waals surface area (Å²) >= 11 is 0. The Morgan fingerprint density at radius 3 is 2.33 bits per heavy atom. The van der Waals surface area contributed by atoms with Gasteiger partial charge >= 0.3 is 0 Å². The van der Waals surface area contributed by atoms with Crippen LogP contribution < -0.4 is 5.73 Å². The lowest BCUT2D eigenvalue weighted by molar-refractivity contribution is -0.132. The summed E-state index contributed by atoms with van der Waals surface area (Å²) in [4.78, 5) is 14.0. The molecule has 1 aliphatic heterocycles. The number of nitrogens with two attached hydrogens (primary N) is 1. The van der Waals surface area contributed by atoms with Crippen molar-refractivity contribution in [3.05, 3.63) is 60.2 Å². The first-order valence-corrected chi connectivity index (χ1v) is 8.40. The van der Waals surface area contributed by atoms with Crippen LogP contribution in [0.3, 0.4) is 0 Å². The number of alkyl halides is 1. The molecule has 0 aliphatic carbocycles. The highest BCUT2D eigenvalue weighted by Crippen LogP contribution is 2.25. The fraction of sp³-hybridized carbons (Fsp3) is 0.350. The minimum Gasteiger partial charge on any atom is -0.338 e. The van der Waals surface area contributed by atoms with E-state index in [1.165, 1.54) is 0 Å². The van der Waals surface area contributed by atoms with Crippen molar-refractivity contribution < 1.29 is 9.18 Å². The highest BCUT2D eigenvalue weighted by atomic mass is 19.1. The molecular formula is C20H23FN2O. The van der Waals surface area contributed by atoms with E-state index in [1.54, 1.807) is 4.90 Å². The van der Waals surface area contributed by atoms with Crippen molar-refractivity contribution >= 4 is 5.91 Å². The zero-order valence-electron chi connectivity index (χ0n) is 13.9. The Bertz CT molecular complexity index is 687. The number of carbonyl (C=O) groups excluding carboxylic acids is 1. The van der Waals surface area contributed by atoms with Crippen LogP contribution in [-0.4, -0.2) is 36.1 Å². The molecule has 3 nitrogen and oxygen atoms in total. The summed E-state index contributed by atoms with van der Waals surface area (Å²) in [6.07, 6.45) is -0.500. The molecule has 0 unspecified atom stereocenters. The van der Waals surface area contributed by atoms with Crippen LogP contribution in [0.5, 0.6) is 0 Å². The number of halogens is 1. The Balaban J connectivity index is 1.70. The fourth-order valence-electron chi connectivity index (χ4n) is 3.16. The number of hydrogen-bond acceptors (Lipinski definition) is 2. The van der Waals surface area contributed by atoms with Crippen molar-refractivity contribution in [2.75, 3.05) is 13.1 Å². The summed E-state index contributed by atoms with van der Waals surface area (Å²) in [7, 11) is 0. The second-order valence-electron chi connectivity index (χ2n) is 6.47. The fourth-order valence-corrected chi connectivity index (χ4v) is 3.16. The lowest BCUT2D eigenvalue weighted by atomic mass is 9.91. The molecule has 0 spiro atoms. The summed E-state index contributed by atoms with van der Waals surface area (Å²) in [6.45, 7) is 2.59. The van der Waals surface area contributed by atoms with Gasteiger partial charge in [0, 0.05) is 12.5 Å². The van der Waals surface area contributed by atoms with E-state index < -0.39 is 12.2 Å². The van der Waals surface area contributed by atoms with Gasteiger partial charge in [-0.3, -0.25) is 4.79 Å². The van der Waals surface area contributed by atoms with Gasteiger partial charge in [-0.1, -0.05) is 61.5 Å². The average Bonchev–Trinajstić information content (AvgIpc) is 3.07. The maximum Gasteiger partial charge on any atom is 0.240 e.